The molecule has 0 amide bonds. The number of rotatable bonds is 5. The lowest BCUT2D eigenvalue weighted by Crippen LogP contribution is -2.37. The lowest BCUT2D eigenvalue weighted by atomic mass is 10.0. The smallest absolute Gasteiger partial charge is 0.138 e. The number of hydrogen-bond acceptors (Lipinski definition) is 5. The van der Waals surface area contributed by atoms with Gasteiger partial charge in [0, 0.05) is 20.2 Å². The third-order valence-electron chi connectivity index (χ3n) is 2.19. The molecule has 1 rings (SSSR count). The highest BCUT2D eigenvalue weighted by molar-refractivity contribution is 4.75. The Morgan fingerprint density at radius 2 is 2.38 bits per heavy atom. The average Bonchev–Trinajstić information content (AvgIpc) is 2.67. The highest BCUT2D eigenvalue weighted by atomic mass is 16.5. The predicted molar refractivity (Wildman–Crippen MR) is 46.9 cm³/mol. The molecule has 2 N–H and O–H groups in total. The Bertz CT molecular complexity index is 231. The van der Waals surface area contributed by atoms with Crippen LogP contribution < -0.4 is 5.73 Å². The Morgan fingerprint density at radius 3 is 2.85 bits per heavy atom. The molecule has 0 aromatic carbocycles. The maximum absolute atomic E-state index is 5.57. The summed E-state index contributed by atoms with van der Waals surface area (Å²) >= 11 is 0. The van der Waals surface area contributed by atoms with Gasteiger partial charge in [-0.25, -0.2) is 4.68 Å². The Labute approximate surface area is 77.1 Å². The fourth-order valence-corrected chi connectivity index (χ4v) is 0.921. The number of hydrogen-bond donors (Lipinski definition) is 1. The zero-order chi connectivity index (χ0) is 9.73. The molecule has 0 saturated heterocycles. The molecule has 6 nitrogen and oxygen atoms in total. The third-order valence-corrected chi connectivity index (χ3v) is 2.19. The standard InChI is InChI=1S/C7H15N5O/c1-7(5-8,13-2)3-4-12-6-9-10-11-12/h6H,3-5,8H2,1-2H3. The molecule has 1 atom stereocenters. The molecule has 0 aliphatic carbocycles. The lowest BCUT2D eigenvalue weighted by molar-refractivity contribution is 0.00261. The van der Waals surface area contributed by atoms with Crippen LogP contribution in [0.1, 0.15) is 13.3 Å². The molecule has 0 aliphatic heterocycles. The molecule has 0 spiro atoms. The molecule has 74 valence electrons. The Hall–Kier alpha value is -1.01. The van der Waals surface area contributed by atoms with Gasteiger partial charge in [-0.1, -0.05) is 0 Å². The van der Waals surface area contributed by atoms with E-state index in [4.69, 9.17) is 10.5 Å². The first kappa shape index (κ1) is 10.1. The summed E-state index contributed by atoms with van der Waals surface area (Å²) in [6.07, 6.45) is 2.37. The van der Waals surface area contributed by atoms with Crippen LogP contribution in [0.5, 0.6) is 0 Å². The molecule has 1 unspecified atom stereocenters. The summed E-state index contributed by atoms with van der Waals surface area (Å²) in [5.74, 6) is 0. The number of tetrazole rings is 1. The van der Waals surface area contributed by atoms with Crippen LogP contribution in [0, 0.1) is 0 Å². The Morgan fingerprint density at radius 1 is 1.62 bits per heavy atom. The first-order valence-corrected chi connectivity index (χ1v) is 4.16. The summed E-state index contributed by atoms with van der Waals surface area (Å²) in [6, 6.07) is 0. The molecule has 1 aromatic heterocycles. The van der Waals surface area contributed by atoms with Gasteiger partial charge in [0.1, 0.15) is 6.33 Å². The van der Waals surface area contributed by atoms with Crippen LogP contribution in [0.4, 0.5) is 0 Å². The predicted octanol–water partition coefficient (Wildman–Crippen LogP) is -0.573. The van der Waals surface area contributed by atoms with E-state index in [2.05, 4.69) is 15.5 Å². The summed E-state index contributed by atoms with van der Waals surface area (Å²) in [7, 11) is 1.66. The molecule has 0 radical (unpaired) electrons. The van der Waals surface area contributed by atoms with Gasteiger partial charge >= 0.3 is 0 Å². The highest BCUT2D eigenvalue weighted by Gasteiger charge is 2.21. The van der Waals surface area contributed by atoms with E-state index in [1.54, 1.807) is 18.1 Å². The fourth-order valence-electron chi connectivity index (χ4n) is 0.921. The minimum Gasteiger partial charge on any atom is -0.377 e. The monoisotopic (exact) mass is 185 g/mol. The van der Waals surface area contributed by atoms with Crippen molar-refractivity contribution in [1.29, 1.82) is 0 Å². The summed E-state index contributed by atoms with van der Waals surface area (Å²) in [5.41, 5.74) is 5.29. The van der Waals surface area contributed by atoms with E-state index in [0.29, 0.717) is 13.1 Å². The quantitative estimate of drug-likeness (QED) is 0.664. The van der Waals surface area contributed by atoms with E-state index in [9.17, 15) is 0 Å². The van der Waals surface area contributed by atoms with Crippen molar-refractivity contribution in [2.45, 2.75) is 25.5 Å². The van der Waals surface area contributed by atoms with Gasteiger partial charge in [0.25, 0.3) is 0 Å². The first-order chi connectivity index (χ1) is 6.20. The number of aromatic nitrogens is 4. The zero-order valence-corrected chi connectivity index (χ0v) is 7.97. The topological polar surface area (TPSA) is 78.9 Å². The fraction of sp³-hybridized carbons (Fsp3) is 0.857. The van der Waals surface area contributed by atoms with E-state index in [0.717, 1.165) is 6.42 Å². The van der Waals surface area contributed by atoms with Crippen LogP contribution >= 0.6 is 0 Å². The van der Waals surface area contributed by atoms with Gasteiger partial charge in [-0.2, -0.15) is 0 Å². The summed E-state index contributed by atoms with van der Waals surface area (Å²) in [6.45, 7) is 3.18. The summed E-state index contributed by atoms with van der Waals surface area (Å²) in [5, 5.41) is 10.8. The van der Waals surface area contributed by atoms with Gasteiger partial charge < -0.3 is 10.5 Å². The van der Waals surface area contributed by atoms with E-state index < -0.39 is 0 Å². The van der Waals surface area contributed by atoms with Gasteiger partial charge in [-0.05, 0) is 23.8 Å². The van der Waals surface area contributed by atoms with Crippen LogP contribution in [-0.4, -0.2) is 39.5 Å². The molecule has 1 heterocycles. The number of methoxy groups -OCH3 is 1. The van der Waals surface area contributed by atoms with E-state index in [-0.39, 0.29) is 5.60 Å². The molecule has 0 aliphatic rings. The second-order valence-corrected chi connectivity index (χ2v) is 3.18. The van der Waals surface area contributed by atoms with Crippen molar-refractivity contribution < 1.29 is 4.74 Å². The minimum absolute atomic E-state index is 0.286. The number of nitrogens with two attached hydrogens (primary N) is 1. The molecular weight excluding hydrogens is 170 g/mol. The highest BCUT2D eigenvalue weighted by Crippen LogP contribution is 2.12. The second-order valence-electron chi connectivity index (χ2n) is 3.18. The minimum atomic E-state index is -0.286. The van der Waals surface area contributed by atoms with E-state index in [1.165, 1.54) is 0 Å². The van der Waals surface area contributed by atoms with Crippen molar-refractivity contribution in [1.82, 2.24) is 20.2 Å². The molecule has 13 heavy (non-hydrogen) atoms. The largest absolute Gasteiger partial charge is 0.377 e. The third kappa shape index (κ3) is 2.74. The van der Waals surface area contributed by atoms with Crippen LogP contribution in [-0.2, 0) is 11.3 Å². The SMILES string of the molecule is COC(C)(CN)CCn1cnnn1. The molecule has 0 fully saturated rings. The number of nitrogens with zero attached hydrogens (tertiary/aromatic N) is 4. The van der Waals surface area contributed by atoms with Crippen molar-refractivity contribution >= 4 is 0 Å². The van der Waals surface area contributed by atoms with Gasteiger partial charge in [-0.3, -0.25) is 0 Å². The van der Waals surface area contributed by atoms with Crippen LogP contribution in [0.15, 0.2) is 6.33 Å². The van der Waals surface area contributed by atoms with Gasteiger partial charge in [-0.15, -0.1) is 5.10 Å². The zero-order valence-electron chi connectivity index (χ0n) is 7.97. The maximum Gasteiger partial charge on any atom is 0.138 e. The molecular formula is C7H15N5O. The van der Waals surface area contributed by atoms with Crippen LogP contribution in [0.3, 0.4) is 0 Å². The van der Waals surface area contributed by atoms with Crippen molar-refractivity contribution in [3.63, 3.8) is 0 Å². The molecule has 6 heteroatoms. The van der Waals surface area contributed by atoms with Crippen molar-refractivity contribution in [2.75, 3.05) is 13.7 Å². The van der Waals surface area contributed by atoms with Crippen molar-refractivity contribution in [2.24, 2.45) is 5.73 Å². The van der Waals surface area contributed by atoms with E-state index in [1.807, 2.05) is 6.92 Å². The Kier molecular flexibility index (Phi) is 3.32. The second kappa shape index (κ2) is 4.29. The average molecular weight is 185 g/mol. The summed E-state index contributed by atoms with van der Waals surface area (Å²) < 4.78 is 6.94. The molecule has 1 aromatic rings. The van der Waals surface area contributed by atoms with Gasteiger partial charge in [0.2, 0.25) is 0 Å². The summed E-state index contributed by atoms with van der Waals surface area (Å²) in [4.78, 5) is 0. The Balaban J connectivity index is 2.41. The molecule has 0 bridgehead atoms. The van der Waals surface area contributed by atoms with Crippen LogP contribution in [0.2, 0.25) is 0 Å². The van der Waals surface area contributed by atoms with E-state index >= 15 is 0 Å². The normalized spacial score (nSPS) is 15.6. The number of aryl methyl sites for hydroxylation is 1. The molecule has 0 saturated carbocycles. The number of ether oxygens (including phenoxy) is 1. The van der Waals surface area contributed by atoms with Gasteiger partial charge in [0.05, 0.1) is 5.60 Å². The van der Waals surface area contributed by atoms with Crippen LogP contribution in [0.25, 0.3) is 0 Å². The first-order valence-electron chi connectivity index (χ1n) is 4.16. The van der Waals surface area contributed by atoms with Crippen molar-refractivity contribution in [3.05, 3.63) is 6.33 Å². The lowest BCUT2D eigenvalue weighted by Gasteiger charge is -2.25. The maximum atomic E-state index is 5.57. The van der Waals surface area contributed by atoms with Gasteiger partial charge in [0.15, 0.2) is 0 Å². The van der Waals surface area contributed by atoms with Crippen molar-refractivity contribution in [3.8, 4) is 0 Å².